The Hall–Kier alpha value is -2.77. The minimum absolute atomic E-state index is 0.744. The molecule has 0 spiro atoms. The van der Waals surface area contributed by atoms with Crippen LogP contribution in [0.25, 0.3) is 43.8 Å². The molecule has 0 unspecified atom stereocenters. The number of para-hydroxylation sites is 1. The maximum atomic E-state index is 6.84. The van der Waals surface area contributed by atoms with E-state index in [4.69, 9.17) is 16.0 Å². The molecule has 5 rings (SSSR count). The van der Waals surface area contributed by atoms with Crippen molar-refractivity contribution in [1.82, 2.24) is 0 Å². The lowest BCUT2D eigenvalue weighted by Crippen LogP contribution is -1.83. The van der Waals surface area contributed by atoms with E-state index in [0.717, 1.165) is 38.1 Å². The van der Waals surface area contributed by atoms with Crippen molar-refractivity contribution in [3.8, 4) is 11.1 Å². The van der Waals surface area contributed by atoms with Crippen LogP contribution in [0.3, 0.4) is 0 Å². The van der Waals surface area contributed by atoms with Crippen LogP contribution < -0.4 is 0 Å². The van der Waals surface area contributed by atoms with Crippen LogP contribution in [0.5, 0.6) is 0 Å². The van der Waals surface area contributed by atoms with Gasteiger partial charge in [0.05, 0.1) is 5.02 Å². The molecular weight excluding hydrogens is 316 g/mol. The highest BCUT2D eigenvalue weighted by molar-refractivity contribution is 6.40. The third kappa shape index (κ3) is 1.88. The monoisotopic (exact) mass is 328 g/mol. The predicted molar refractivity (Wildman–Crippen MR) is 102 cm³/mol. The Balaban J connectivity index is 1.90. The van der Waals surface area contributed by atoms with E-state index in [1.165, 1.54) is 10.8 Å². The summed E-state index contributed by atoms with van der Waals surface area (Å²) in [6.07, 6.45) is 0. The molecule has 0 bridgehead atoms. The van der Waals surface area contributed by atoms with E-state index >= 15 is 0 Å². The standard InChI is InChI=1S/C22H13ClO/c23-22-17(16-10-5-7-14-6-1-2-8-15(14)16)12-13-20-21(22)18-9-3-4-11-19(18)24-20/h1-13H. The Morgan fingerprint density at radius 3 is 2.25 bits per heavy atom. The Bertz CT molecular complexity index is 1210. The van der Waals surface area contributed by atoms with E-state index < -0.39 is 0 Å². The van der Waals surface area contributed by atoms with Crippen LogP contribution in [0, 0.1) is 0 Å². The molecule has 0 radical (unpaired) electrons. The van der Waals surface area contributed by atoms with Crippen molar-refractivity contribution in [1.29, 1.82) is 0 Å². The Kier molecular flexibility index (Phi) is 2.91. The molecule has 0 atom stereocenters. The first-order chi connectivity index (χ1) is 11.8. The van der Waals surface area contributed by atoms with E-state index in [1.54, 1.807) is 0 Å². The van der Waals surface area contributed by atoms with Crippen molar-refractivity contribution in [2.24, 2.45) is 0 Å². The number of benzene rings is 4. The van der Waals surface area contributed by atoms with Gasteiger partial charge in [0, 0.05) is 16.3 Å². The van der Waals surface area contributed by atoms with Gasteiger partial charge in [0.1, 0.15) is 11.2 Å². The fourth-order valence-electron chi connectivity index (χ4n) is 3.44. The molecule has 1 heterocycles. The lowest BCUT2D eigenvalue weighted by molar-refractivity contribution is 0.669. The lowest BCUT2D eigenvalue weighted by Gasteiger charge is -2.09. The Labute approximate surface area is 144 Å². The minimum Gasteiger partial charge on any atom is -0.456 e. The maximum Gasteiger partial charge on any atom is 0.136 e. The van der Waals surface area contributed by atoms with Gasteiger partial charge in [0.15, 0.2) is 0 Å². The van der Waals surface area contributed by atoms with E-state index in [0.29, 0.717) is 0 Å². The molecule has 5 aromatic rings. The van der Waals surface area contributed by atoms with Crippen LogP contribution >= 0.6 is 11.6 Å². The average molecular weight is 329 g/mol. The summed E-state index contributed by atoms with van der Waals surface area (Å²) >= 11 is 6.84. The van der Waals surface area contributed by atoms with E-state index in [9.17, 15) is 0 Å². The third-order valence-electron chi connectivity index (χ3n) is 4.56. The molecule has 2 heteroatoms. The van der Waals surface area contributed by atoms with Gasteiger partial charge >= 0.3 is 0 Å². The molecule has 0 fully saturated rings. The highest BCUT2D eigenvalue weighted by Gasteiger charge is 2.15. The zero-order chi connectivity index (χ0) is 16.1. The summed E-state index contributed by atoms with van der Waals surface area (Å²) in [6.45, 7) is 0. The summed E-state index contributed by atoms with van der Waals surface area (Å²) in [5.74, 6) is 0. The normalized spacial score (nSPS) is 11.5. The van der Waals surface area contributed by atoms with Crippen LogP contribution in [-0.4, -0.2) is 0 Å². The molecular formula is C22H13ClO. The highest BCUT2D eigenvalue weighted by Crippen LogP contribution is 2.41. The number of hydrogen-bond donors (Lipinski definition) is 0. The predicted octanol–water partition coefficient (Wildman–Crippen LogP) is 7.06. The van der Waals surface area contributed by atoms with Crippen molar-refractivity contribution in [2.75, 3.05) is 0 Å². The van der Waals surface area contributed by atoms with E-state index in [1.807, 2.05) is 24.3 Å². The first-order valence-corrected chi connectivity index (χ1v) is 8.28. The van der Waals surface area contributed by atoms with E-state index in [-0.39, 0.29) is 0 Å². The minimum atomic E-state index is 0.744. The number of halogens is 1. The van der Waals surface area contributed by atoms with Crippen LogP contribution in [0.15, 0.2) is 83.3 Å². The second-order valence-corrected chi connectivity index (χ2v) is 6.30. The summed E-state index contributed by atoms with van der Waals surface area (Å²) in [7, 11) is 0. The molecule has 0 aliphatic rings. The molecule has 1 nitrogen and oxygen atoms in total. The summed E-state index contributed by atoms with van der Waals surface area (Å²) in [4.78, 5) is 0. The van der Waals surface area contributed by atoms with Crippen LogP contribution in [-0.2, 0) is 0 Å². The molecule has 0 aliphatic carbocycles. The van der Waals surface area contributed by atoms with Gasteiger partial charge in [0.25, 0.3) is 0 Å². The second-order valence-electron chi connectivity index (χ2n) is 5.93. The van der Waals surface area contributed by atoms with Gasteiger partial charge in [-0.3, -0.25) is 0 Å². The first kappa shape index (κ1) is 13.6. The third-order valence-corrected chi connectivity index (χ3v) is 4.95. The fourth-order valence-corrected chi connectivity index (χ4v) is 3.80. The van der Waals surface area contributed by atoms with Gasteiger partial charge in [-0.05, 0) is 34.5 Å². The largest absolute Gasteiger partial charge is 0.456 e. The quantitative estimate of drug-likeness (QED) is 0.321. The number of hydrogen-bond acceptors (Lipinski definition) is 1. The van der Waals surface area contributed by atoms with Gasteiger partial charge in [0.2, 0.25) is 0 Å². The van der Waals surface area contributed by atoms with Crippen molar-refractivity contribution in [3.63, 3.8) is 0 Å². The summed E-state index contributed by atoms with van der Waals surface area (Å²) < 4.78 is 5.93. The maximum absolute atomic E-state index is 6.84. The molecule has 0 saturated carbocycles. The fraction of sp³-hybridized carbons (Fsp3) is 0. The summed E-state index contributed by atoms with van der Waals surface area (Å²) in [5, 5.41) is 5.20. The zero-order valence-electron chi connectivity index (χ0n) is 12.8. The molecule has 0 saturated heterocycles. The molecule has 114 valence electrons. The summed E-state index contributed by atoms with van der Waals surface area (Å²) in [5.41, 5.74) is 3.87. The Morgan fingerprint density at radius 1 is 0.583 bits per heavy atom. The van der Waals surface area contributed by atoms with Gasteiger partial charge in [-0.15, -0.1) is 0 Å². The molecule has 0 amide bonds. The first-order valence-electron chi connectivity index (χ1n) is 7.91. The number of rotatable bonds is 1. The second kappa shape index (κ2) is 5.12. The topological polar surface area (TPSA) is 13.1 Å². The smallest absolute Gasteiger partial charge is 0.136 e. The molecule has 1 aromatic heterocycles. The highest BCUT2D eigenvalue weighted by atomic mass is 35.5. The van der Waals surface area contributed by atoms with Crippen molar-refractivity contribution in [2.45, 2.75) is 0 Å². The Morgan fingerprint density at radius 2 is 1.33 bits per heavy atom. The lowest BCUT2D eigenvalue weighted by atomic mass is 9.97. The zero-order valence-corrected chi connectivity index (χ0v) is 13.5. The van der Waals surface area contributed by atoms with Crippen LogP contribution in [0.4, 0.5) is 0 Å². The van der Waals surface area contributed by atoms with Crippen molar-refractivity contribution < 1.29 is 4.42 Å². The SMILES string of the molecule is Clc1c(-c2cccc3ccccc23)ccc2oc3ccccc3c12. The average Bonchev–Trinajstić information content (AvgIpc) is 3.01. The molecule has 4 aromatic carbocycles. The number of furan rings is 1. The van der Waals surface area contributed by atoms with Crippen LogP contribution in [0.1, 0.15) is 0 Å². The number of fused-ring (bicyclic) bond motifs is 4. The molecule has 0 N–H and O–H groups in total. The summed E-state index contributed by atoms with van der Waals surface area (Å²) in [6, 6.07) is 26.8. The van der Waals surface area contributed by atoms with Gasteiger partial charge in [-0.1, -0.05) is 72.3 Å². The van der Waals surface area contributed by atoms with Gasteiger partial charge in [-0.2, -0.15) is 0 Å². The van der Waals surface area contributed by atoms with Crippen molar-refractivity contribution in [3.05, 3.63) is 83.9 Å². The molecule has 24 heavy (non-hydrogen) atoms. The molecule has 0 aliphatic heterocycles. The van der Waals surface area contributed by atoms with Crippen molar-refractivity contribution >= 4 is 44.3 Å². The van der Waals surface area contributed by atoms with Crippen LogP contribution in [0.2, 0.25) is 5.02 Å². The van der Waals surface area contributed by atoms with Gasteiger partial charge < -0.3 is 4.42 Å². The van der Waals surface area contributed by atoms with Gasteiger partial charge in [-0.25, -0.2) is 0 Å². The van der Waals surface area contributed by atoms with E-state index in [2.05, 4.69) is 54.6 Å².